The lowest BCUT2D eigenvalue weighted by Crippen LogP contribution is -2.06. The predicted octanol–water partition coefficient (Wildman–Crippen LogP) is 6.36. The van der Waals surface area contributed by atoms with Crippen molar-refractivity contribution in [2.24, 2.45) is 11.8 Å². The van der Waals surface area contributed by atoms with Crippen molar-refractivity contribution in [2.45, 2.75) is 104 Å². The fraction of sp³-hybridized carbons (Fsp3) is 0.818. The summed E-state index contributed by atoms with van der Waals surface area (Å²) in [4.78, 5) is 22.3. The lowest BCUT2D eigenvalue weighted by Gasteiger charge is -2.04. The van der Waals surface area contributed by atoms with Gasteiger partial charge in [-0.1, -0.05) is 77.4 Å². The molecule has 0 saturated carbocycles. The number of esters is 2. The average Bonchev–Trinajstić information content (AvgIpc) is 2.88. The summed E-state index contributed by atoms with van der Waals surface area (Å²) in [6, 6.07) is 0. The quantitative estimate of drug-likeness (QED) is 0.149. The zero-order chi connectivity index (χ0) is 18.3. The SMILES string of the molecule is CC(C)CCCC/C=C/CCCCCCCCCC1CC(=O)OC1=O. The summed E-state index contributed by atoms with van der Waals surface area (Å²) in [5, 5.41) is 0. The summed E-state index contributed by atoms with van der Waals surface area (Å²) in [5.41, 5.74) is 0. The third-order valence-corrected chi connectivity index (χ3v) is 4.95. The highest BCUT2D eigenvalue weighted by atomic mass is 16.6. The van der Waals surface area contributed by atoms with Crippen molar-refractivity contribution in [2.75, 3.05) is 0 Å². The van der Waals surface area contributed by atoms with E-state index in [0.717, 1.165) is 25.2 Å². The Bertz CT molecular complexity index is 398. The zero-order valence-corrected chi connectivity index (χ0v) is 16.4. The molecular weight excluding hydrogens is 312 g/mol. The molecule has 1 heterocycles. The molecule has 0 aromatic rings. The van der Waals surface area contributed by atoms with Crippen molar-refractivity contribution in [1.82, 2.24) is 0 Å². The molecular formula is C22H38O3. The number of rotatable bonds is 15. The first kappa shape index (κ1) is 21.9. The van der Waals surface area contributed by atoms with Crippen LogP contribution in [0.3, 0.4) is 0 Å². The highest BCUT2D eigenvalue weighted by Crippen LogP contribution is 2.22. The van der Waals surface area contributed by atoms with Crippen LogP contribution in [0.25, 0.3) is 0 Å². The molecule has 0 spiro atoms. The van der Waals surface area contributed by atoms with Crippen LogP contribution in [0.1, 0.15) is 104 Å². The van der Waals surface area contributed by atoms with Crippen LogP contribution >= 0.6 is 0 Å². The lowest BCUT2D eigenvalue weighted by molar-refractivity contribution is -0.153. The number of allylic oxidation sites excluding steroid dienone is 2. The Labute approximate surface area is 154 Å². The number of ether oxygens (including phenoxy) is 1. The monoisotopic (exact) mass is 350 g/mol. The molecule has 25 heavy (non-hydrogen) atoms. The molecule has 1 atom stereocenters. The van der Waals surface area contributed by atoms with Gasteiger partial charge < -0.3 is 4.74 Å². The van der Waals surface area contributed by atoms with E-state index in [2.05, 4.69) is 30.7 Å². The van der Waals surface area contributed by atoms with Crippen molar-refractivity contribution in [3.63, 3.8) is 0 Å². The van der Waals surface area contributed by atoms with Gasteiger partial charge in [-0.25, -0.2) is 0 Å². The summed E-state index contributed by atoms with van der Waals surface area (Å²) in [7, 11) is 0. The molecule has 1 unspecified atom stereocenters. The number of hydrogen-bond acceptors (Lipinski definition) is 3. The Hall–Kier alpha value is -1.12. The van der Waals surface area contributed by atoms with Gasteiger partial charge in [0.2, 0.25) is 0 Å². The molecule has 3 nitrogen and oxygen atoms in total. The van der Waals surface area contributed by atoms with E-state index >= 15 is 0 Å². The Balaban J connectivity index is 1.78. The highest BCUT2D eigenvalue weighted by molar-refractivity contribution is 5.94. The van der Waals surface area contributed by atoms with Gasteiger partial charge in [-0.3, -0.25) is 9.59 Å². The van der Waals surface area contributed by atoms with Gasteiger partial charge in [0.05, 0.1) is 12.3 Å². The van der Waals surface area contributed by atoms with Gasteiger partial charge in [0.15, 0.2) is 0 Å². The number of carbonyl (C=O) groups is 2. The average molecular weight is 351 g/mol. The van der Waals surface area contributed by atoms with E-state index in [1.54, 1.807) is 0 Å². The maximum absolute atomic E-state index is 11.3. The summed E-state index contributed by atoms with van der Waals surface area (Å²) < 4.78 is 4.57. The van der Waals surface area contributed by atoms with Gasteiger partial charge in [-0.05, 0) is 38.0 Å². The molecule has 1 rings (SSSR count). The van der Waals surface area contributed by atoms with Crippen LogP contribution < -0.4 is 0 Å². The molecule has 0 aromatic carbocycles. The smallest absolute Gasteiger partial charge is 0.317 e. The van der Waals surface area contributed by atoms with Crippen molar-refractivity contribution >= 4 is 11.9 Å². The molecule has 0 radical (unpaired) electrons. The van der Waals surface area contributed by atoms with E-state index in [0.29, 0.717) is 6.42 Å². The number of hydrogen-bond donors (Lipinski definition) is 0. The van der Waals surface area contributed by atoms with Crippen LogP contribution in [-0.4, -0.2) is 11.9 Å². The van der Waals surface area contributed by atoms with Gasteiger partial charge in [0.1, 0.15) is 0 Å². The van der Waals surface area contributed by atoms with E-state index in [1.807, 2.05) is 0 Å². The molecule has 1 aliphatic heterocycles. The van der Waals surface area contributed by atoms with Crippen LogP contribution in [0.5, 0.6) is 0 Å². The molecule has 144 valence electrons. The second-order valence-corrected chi connectivity index (χ2v) is 7.90. The van der Waals surface area contributed by atoms with Crippen LogP contribution in [0.4, 0.5) is 0 Å². The summed E-state index contributed by atoms with van der Waals surface area (Å²) in [6.07, 6.45) is 21.0. The maximum Gasteiger partial charge on any atom is 0.317 e. The molecule has 0 aliphatic carbocycles. The molecule has 0 N–H and O–H groups in total. The predicted molar refractivity (Wildman–Crippen MR) is 103 cm³/mol. The van der Waals surface area contributed by atoms with Crippen LogP contribution in [0.2, 0.25) is 0 Å². The molecule has 0 bridgehead atoms. The van der Waals surface area contributed by atoms with E-state index in [9.17, 15) is 9.59 Å². The second-order valence-electron chi connectivity index (χ2n) is 7.90. The zero-order valence-electron chi connectivity index (χ0n) is 16.4. The first-order chi connectivity index (χ1) is 12.1. The van der Waals surface area contributed by atoms with Crippen molar-refractivity contribution in [1.29, 1.82) is 0 Å². The standard InChI is InChI=1S/C22H38O3/c1-19(2)16-14-12-10-8-6-4-3-5-7-9-11-13-15-17-20-18-21(23)25-22(20)24/h6,8,19-20H,3-5,7,9-18H2,1-2H3/b8-6+. The van der Waals surface area contributed by atoms with E-state index in [-0.39, 0.29) is 17.9 Å². The molecule has 0 aromatic heterocycles. The topological polar surface area (TPSA) is 43.4 Å². The summed E-state index contributed by atoms with van der Waals surface area (Å²) >= 11 is 0. The van der Waals surface area contributed by atoms with Crippen LogP contribution in [0.15, 0.2) is 12.2 Å². The first-order valence-corrected chi connectivity index (χ1v) is 10.5. The third kappa shape index (κ3) is 12.0. The highest BCUT2D eigenvalue weighted by Gasteiger charge is 2.32. The fourth-order valence-electron chi connectivity index (χ4n) is 3.33. The van der Waals surface area contributed by atoms with Crippen molar-refractivity contribution in [3.8, 4) is 0 Å². The van der Waals surface area contributed by atoms with Crippen LogP contribution in [0, 0.1) is 11.8 Å². The minimum absolute atomic E-state index is 0.162. The Kier molecular flexibility index (Phi) is 12.4. The fourth-order valence-corrected chi connectivity index (χ4v) is 3.33. The molecule has 1 aliphatic rings. The molecule has 0 amide bonds. The number of cyclic esters (lactones) is 2. The van der Waals surface area contributed by atoms with Gasteiger partial charge in [-0.15, -0.1) is 0 Å². The Morgan fingerprint density at radius 3 is 2.00 bits per heavy atom. The van der Waals surface area contributed by atoms with Crippen molar-refractivity contribution in [3.05, 3.63) is 12.2 Å². The van der Waals surface area contributed by atoms with Gasteiger partial charge in [0, 0.05) is 0 Å². The Morgan fingerprint density at radius 1 is 0.880 bits per heavy atom. The Morgan fingerprint density at radius 2 is 1.44 bits per heavy atom. The maximum atomic E-state index is 11.3. The van der Waals surface area contributed by atoms with Crippen LogP contribution in [-0.2, 0) is 14.3 Å². The second kappa shape index (κ2) is 14.1. The van der Waals surface area contributed by atoms with Crippen molar-refractivity contribution < 1.29 is 14.3 Å². The largest absolute Gasteiger partial charge is 0.393 e. The molecule has 3 heteroatoms. The number of carbonyl (C=O) groups excluding carboxylic acids is 2. The van der Waals surface area contributed by atoms with Gasteiger partial charge >= 0.3 is 11.9 Å². The van der Waals surface area contributed by atoms with E-state index in [1.165, 1.54) is 64.2 Å². The number of unbranched alkanes of at least 4 members (excludes halogenated alkanes) is 9. The first-order valence-electron chi connectivity index (χ1n) is 10.5. The minimum atomic E-state index is -0.348. The summed E-state index contributed by atoms with van der Waals surface area (Å²) in [5.74, 6) is 0.0228. The van der Waals surface area contributed by atoms with E-state index in [4.69, 9.17) is 0 Å². The minimum Gasteiger partial charge on any atom is -0.393 e. The molecule has 1 saturated heterocycles. The van der Waals surface area contributed by atoms with E-state index < -0.39 is 0 Å². The normalized spacial score (nSPS) is 17.8. The molecule has 1 fully saturated rings. The van der Waals surface area contributed by atoms with Gasteiger partial charge in [0.25, 0.3) is 0 Å². The lowest BCUT2D eigenvalue weighted by atomic mass is 9.99. The summed E-state index contributed by atoms with van der Waals surface area (Å²) in [6.45, 7) is 4.59. The third-order valence-electron chi connectivity index (χ3n) is 4.95. The van der Waals surface area contributed by atoms with Gasteiger partial charge in [-0.2, -0.15) is 0 Å².